The lowest BCUT2D eigenvalue weighted by atomic mass is 10.1. The lowest BCUT2D eigenvalue weighted by Crippen LogP contribution is -2.54. The van der Waals surface area contributed by atoms with E-state index in [-0.39, 0.29) is 39.1 Å². The summed E-state index contributed by atoms with van der Waals surface area (Å²) in [6.07, 6.45) is 1.57. The number of hydrogen-bond donors (Lipinski definition) is 1. The summed E-state index contributed by atoms with van der Waals surface area (Å²) in [6, 6.07) is 19.7. The first kappa shape index (κ1) is 32.4. The predicted molar refractivity (Wildman–Crippen MR) is 166 cm³/mol. The third-order valence-electron chi connectivity index (χ3n) is 6.96. The van der Waals surface area contributed by atoms with Gasteiger partial charge in [0.1, 0.15) is 12.6 Å². The highest BCUT2D eigenvalue weighted by Crippen LogP contribution is 2.35. The zero-order valence-corrected chi connectivity index (χ0v) is 26.1. The van der Waals surface area contributed by atoms with Crippen molar-refractivity contribution in [3.05, 3.63) is 94.0 Å². The quantitative estimate of drug-likeness (QED) is 0.245. The molecular formula is C31H37Cl2N3O4S. The van der Waals surface area contributed by atoms with Gasteiger partial charge in [-0.2, -0.15) is 0 Å². The second kappa shape index (κ2) is 14.7. The maximum atomic E-state index is 14.1. The Morgan fingerprint density at radius 1 is 0.902 bits per heavy atom. The zero-order chi connectivity index (χ0) is 30.2. The zero-order valence-electron chi connectivity index (χ0n) is 23.8. The summed E-state index contributed by atoms with van der Waals surface area (Å²) in [5.74, 6) is -0.809. The Labute approximate surface area is 253 Å². The van der Waals surface area contributed by atoms with Gasteiger partial charge in [0.05, 0.1) is 20.6 Å². The second-order valence-electron chi connectivity index (χ2n) is 9.96. The standard InChI is InChI=1S/C31H37Cl2N3O4S/c1-5-23(4)34-31(38)27(6-2)35(20-19-24-11-8-7-9-12-24)29(37)21-36(28-14-10-13-26(32)30(28)33)41(39,40)25-17-15-22(3)16-18-25/h7-18,23,27H,5-6,19-21H2,1-4H3,(H,34,38). The van der Waals surface area contributed by atoms with Crippen LogP contribution < -0.4 is 9.62 Å². The van der Waals surface area contributed by atoms with Crippen molar-refractivity contribution in [2.75, 3.05) is 17.4 Å². The average Bonchev–Trinajstić information content (AvgIpc) is 2.96. The smallest absolute Gasteiger partial charge is 0.264 e. The summed E-state index contributed by atoms with van der Waals surface area (Å²) in [6.45, 7) is 7.20. The van der Waals surface area contributed by atoms with E-state index in [1.54, 1.807) is 24.3 Å². The van der Waals surface area contributed by atoms with Crippen molar-refractivity contribution in [1.29, 1.82) is 0 Å². The number of carbonyl (C=O) groups excluding carboxylic acids is 2. The van der Waals surface area contributed by atoms with Crippen molar-refractivity contribution >= 4 is 50.7 Å². The summed E-state index contributed by atoms with van der Waals surface area (Å²) in [4.78, 5) is 28.9. The molecule has 41 heavy (non-hydrogen) atoms. The number of benzene rings is 3. The van der Waals surface area contributed by atoms with Crippen molar-refractivity contribution in [1.82, 2.24) is 10.2 Å². The highest BCUT2D eigenvalue weighted by molar-refractivity contribution is 7.92. The largest absolute Gasteiger partial charge is 0.352 e. The van der Waals surface area contributed by atoms with Gasteiger partial charge in [-0.1, -0.05) is 91.1 Å². The number of aryl methyl sites for hydroxylation is 1. The molecule has 0 aliphatic heterocycles. The van der Waals surface area contributed by atoms with E-state index in [4.69, 9.17) is 23.2 Å². The van der Waals surface area contributed by atoms with Crippen LogP contribution in [0, 0.1) is 6.92 Å². The van der Waals surface area contributed by atoms with E-state index >= 15 is 0 Å². The third kappa shape index (κ3) is 8.24. The van der Waals surface area contributed by atoms with Crippen LogP contribution in [0.25, 0.3) is 0 Å². The molecule has 0 spiro atoms. The van der Waals surface area contributed by atoms with E-state index in [2.05, 4.69) is 5.32 Å². The molecule has 0 saturated heterocycles. The number of nitrogens with one attached hydrogen (secondary N) is 1. The first-order valence-corrected chi connectivity index (χ1v) is 15.9. The van der Waals surface area contributed by atoms with Crippen LogP contribution in [0.3, 0.4) is 0 Å². The minimum absolute atomic E-state index is 0.00401. The number of hydrogen-bond acceptors (Lipinski definition) is 4. The van der Waals surface area contributed by atoms with Crippen LogP contribution in [0.5, 0.6) is 0 Å². The maximum absolute atomic E-state index is 14.1. The van der Waals surface area contributed by atoms with Crippen molar-refractivity contribution in [3.63, 3.8) is 0 Å². The van der Waals surface area contributed by atoms with Gasteiger partial charge in [-0.3, -0.25) is 13.9 Å². The van der Waals surface area contributed by atoms with E-state index in [1.807, 2.05) is 58.0 Å². The van der Waals surface area contributed by atoms with Crippen molar-refractivity contribution in [2.24, 2.45) is 0 Å². The number of rotatable bonds is 13. The summed E-state index contributed by atoms with van der Waals surface area (Å²) < 4.78 is 28.9. The summed E-state index contributed by atoms with van der Waals surface area (Å²) in [7, 11) is -4.24. The van der Waals surface area contributed by atoms with Crippen molar-refractivity contribution < 1.29 is 18.0 Å². The number of sulfonamides is 1. The van der Waals surface area contributed by atoms with Gasteiger partial charge in [0.15, 0.2) is 0 Å². The van der Waals surface area contributed by atoms with E-state index in [0.29, 0.717) is 12.8 Å². The molecule has 2 atom stereocenters. The van der Waals surface area contributed by atoms with Crippen molar-refractivity contribution in [3.8, 4) is 0 Å². The molecule has 2 amide bonds. The topological polar surface area (TPSA) is 86.8 Å². The first-order valence-electron chi connectivity index (χ1n) is 13.7. The maximum Gasteiger partial charge on any atom is 0.264 e. The van der Waals surface area contributed by atoms with Gasteiger partial charge in [-0.05, 0) is 62.9 Å². The van der Waals surface area contributed by atoms with Crippen LogP contribution >= 0.6 is 23.2 Å². The first-order chi connectivity index (χ1) is 19.5. The molecule has 10 heteroatoms. The summed E-state index contributed by atoms with van der Waals surface area (Å²) in [5, 5.41) is 3.14. The van der Waals surface area contributed by atoms with Gasteiger partial charge >= 0.3 is 0 Å². The minimum Gasteiger partial charge on any atom is -0.352 e. The Morgan fingerprint density at radius 3 is 2.17 bits per heavy atom. The van der Waals surface area contributed by atoms with E-state index < -0.39 is 28.5 Å². The molecule has 0 bridgehead atoms. The van der Waals surface area contributed by atoms with E-state index in [0.717, 1.165) is 21.9 Å². The fraction of sp³-hybridized carbons (Fsp3) is 0.355. The highest BCUT2D eigenvalue weighted by atomic mass is 35.5. The number of amides is 2. The van der Waals surface area contributed by atoms with Gasteiger partial charge in [-0.15, -0.1) is 0 Å². The van der Waals surface area contributed by atoms with Crippen LogP contribution in [0.4, 0.5) is 5.69 Å². The fourth-order valence-electron chi connectivity index (χ4n) is 4.37. The van der Waals surface area contributed by atoms with Crippen LogP contribution in [0.1, 0.15) is 44.7 Å². The lowest BCUT2D eigenvalue weighted by molar-refractivity contribution is -0.139. The minimum atomic E-state index is -4.24. The molecule has 3 rings (SSSR count). The fourth-order valence-corrected chi connectivity index (χ4v) is 6.25. The monoisotopic (exact) mass is 617 g/mol. The molecule has 0 aliphatic carbocycles. The lowest BCUT2D eigenvalue weighted by Gasteiger charge is -2.34. The Balaban J connectivity index is 2.05. The van der Waals surface area contributed by atoms with Gasteiger partial charge in [-0.25, -0.2) is 8.42 Å². The normalized spacial score (nSPS) is 12.8. The van der Waals surface area contributed by atoms with E-state index in [9.17, 15) is 18.0 Å². The molecule has 3 aromatic carbocycles. The highest BCUT2D eigenvalue weighted by Gasteiger charge is 2.34. The Morgan fingerprint density at radius 2 is 1.56 bits per heavy atom. The molecule has 0 aromatic heterocycles. The third-order valence-corrected chi connectivity index (χ3v) is 9.54. The molecule has 1 N–H and O–H groups in total. The molecule has 0 aliphatic rings. The van der Waals surface area contributed by atoms with Crippen LogP contribution in [0.15, 0.2) is 77.7 Å². The number of nitrogens with zero attached hydrogens (tertiary/aromatic N) is 2. The van der Waals surface area contributed by atoms with Gasteiger partial charge in [0, 0.05) is 12.6 Å². The summed E-state index contributed by atoms with van der Waals surface area (Å²) >= 11 is 12.8. The molecule has 2 unspecified atom stereocenters. The molecule has 0 saturated carbocycles. The Hall–Kier alpha value is -3.07. The molecule has 220 valence electrons. The Bertz CT molecular complexity index is 1430. The van der Waals surface area contributed by atoms with Gasteiger partial charge < -0.3 is 10.2 Å². The predicted octanol–water partition coefficient (Wildman–Crippen LogP) is 6.26. The average molecular weight is 619 g/mol. The number of halogens is 2. The molecular weight excluding hydrogens is 581 g/mol. The number of anilines is 1. The van der Waals surface area contributed by atoms with Crippen molar-refractivity contribution in [2.45, 2.75) is 63.9 Å². The van der Waals surface area contributed by atoms with Gasteiger partial charge in [0.25, 0.3) is 10.0 Å². The van der Waals surface area contributed by atoms with Gasteiger partial charge in [0.2, 0.25) is 11.8 Å². The van der Waals surface area contributed by atoms with Crippen LogP contribution in [-0.4, -0.2) is 50.3 Å². The van der Waals surface area contributed by atoms with Crippen LogP contribution in [0.2, 0.25) is 10.0 Å². The molecule has 3 aromatic rings. The van der Waals surface area contributed by atoms with Crippen LogP contribution in [-0.2, 0) is 26.0 Å². The summed E-state index contributed by atoms with van der Waals surface area (Å²) in [5.41, 5.74) is 1.95. The number of carbonyl (C=O) groups is 2. The Kier molecular flexibility index (Phi) is 11.6. The molecule has 0 fully saturated rings. The molecule has 0 heterocycles. The second-order valence-corrected chi connectivity index (χ2v) is 12.6. The molecule has 0 radical (unpaired) electrons. The SMILES string of the molecule is CCC(C)NC(=O)C(CC)N(CCc1ccccc1)C(=O)CN(c1cccc(Cl)c1Cl)S(=O)(=O)c1ccc(C)cc1. The molecule has 7 nitrogen and oxygen atoms in total. The van der Waals surface area contributed by atoms with E-state index in [1.165, 1.54) is 23.1 Å².